The fraction of sp³-hybridized carbons (Fsp3) is 0.381. The molecular formula is C21H31N5O2. The highest BCUT2D eigenvalue weighted by atomic mass is 16.5. The molecule has 28 heavy (non-hydrogen) atoms. The molecule has 0 bridgehead atoms. The van der Waals surface area contributed by atoms with Gasteiger partial charge in [-0.25, -0.2) is 0 Å². The molecule has 0 unspecified atom stereocenters. The van der Waals surface area contributed by atoms with Gasteiger partial charge in [0.05, 0.1) is 37.5 Å². The molecule has 3 N–H and O–H groups in total. The van der Waals surface area contributed by atoms with Crippen molar-refractivity contribution in [1.29, 1.82) is 0 Å². The van der Waals surface area contributed by atoms with Crippen LogP contribution in [0.15, 0.2) is 64.4 Å². The summed E-state index contributed by atoms with van der Waals surface area (Å²) in [5, 5.41) is 3.21. The molecule has 0 fully saturated rings. The van der Waals surface area contributed by atoms with Gasteiger partial charge in [-0.3, -0.25) is 9.98 Å². The minimum absolute atomic E-state index is 0.444. The normalized spacial score (nSPS) is 14.1. The van der Waals surface area contributed by atoms with Crippen LogP contribution < -0.4 is 15.8 Å². The molecule has 152 valence electrons. The lowest BCUT2D eigenvalue weighted by molar-refractivity contribution is 0.307. The highest BCUT2D eigenvalue weighted by molar-refractivity contribution is 6.14. The molecule has 0 radical (unpaired) electrons. The zero-order valence-electron chi connectivity index (χ0n) is 17.6. The van der Waals surface area contributed by atoms with Crippen LogP contribution in [-0.4, -0.2) is 36.4 Å². The number of methoxy groups -OCH3 is 1. The smallest absolute Gasteiger partial charge is 0.234 e. The Kier molecular flexibility index (Phi) is 10.1. The Balaban J connectivity index is 3.16. The minimum Gasteiger partial charge on any atom is -0.497 e. The maximum Gasteiger partial charge on any atom is 0.234 e. The number of nitrogens with two attached hydrogens (primary N) is 1. The molecule has 1 aromatic heterocycles. The monoisotopic (exact) mass is 385 g/mol. The zero-order chi connectivity index (χ0) is 20.9. The molecule has 0 saturated carbocycles. The summed E-state index contributed by atoms with van der Waals surface area (Å²) in [6.07, 6.45) is 11.9. The number of nitrogens with zero attached hydrogens (tertiary/aromatic N) is 3. The number of ether oxygens (including phenoxy) is 2. The number of aromatic nitrogens is 2. The molecule has 0 amide bonds. The Bertz CT molecular complexity index is 788. The van der Waals surface area contributed by atoms with Crippen LogP contribution in [0.1, 0.15) is 34.1 Å². The standard InChI is InChI=1S/C21H31N5O2/c1-7-9-10-17(27-6)12-11-15(3)20(23-5)21(16(4)22)26-18-13-24-14-19(25-18)28-8-2/h9-14H,7-8,22H2,1-6H3,(H,25,26)/b10-9+,15-11+,17-12+,21-16+,23-20?. The summed E-state index contributed by atoms with van der Waals surface area (Å²) >= 11 is 0. The molecule has 1 heterocycles. The van der Waals surface area contributed by atoms with E-state index in [4.69, 9.17) is 15.2 Å². The summed E-state index contributed by atoms with van der Waals surface area (Å²) in [6.45, 7) is 8.25. The van der Waals surface area contributed by atoms with Crippen LogP contribution in [0.5, 0.6) is 5.88 Å². The van der Waals surface area contributed by atoms with E-state index in [1.807, 2.05) is 38.2 Å². The fourth-order valence-electron chi connectivity index (χ4n) is 2.30. The Labute approximate surface area is 167 Å². The molecule has 0 aliphatic carbocycles. The second kappa shape index (κ2) is 12.3. The number of allylic oxidation sites excluding steroid dienone is 6. The van der Waals surface area contributed by atoms with Crippen LogP contribution in [0.2, 0.25) is 0 Å². The predicted molar refractivity (Wildman–Crippen MR) is 115 cm³/mol. The van der Waals surface area contributed by atoms with Crippen LogP contribution in [0.4, 0.5) is 5.82 Å². The summed E-state index contributed by atoms with van der Waals surface area (Å²) < 4.78 is 10.8. The molecule has 1 aromatic rings. The minimum atomic E-state index is 0.444. The van der Waals surface area contributed by atoms with Gasteiger partial charge in [-0.1, -0.05) is 19.1 Å². The van der Waals surface area contributed by atoms with Gasteiger partial charge in [0.15, 0.2) is 5.82 Å². The number of rotatable bonds is 10. The van der Waals surface area contributed by atoms with E-state index in [0.717, 1.165) is 23.5 Å². The summed E-state index contributed by atoms with van der Waals surface area (Å²) in [5.74, 6) is 1.73. The summed E-state index contributed by atoms with van der Waals surface area (Å²) in [4.78, 5) is 12.9. The quantitative estimate of drug-likeness (QED) is 0.359. The highest BCUT2D eigenvalue weighted by Gasteiger charge is 2.13. The third kappa shape index (κ3) is 7.26. The van der Waals surface area contributed by atoms with Crippen molar-refractivity contribution in [1.82, 2.24) is 9.97 Å². The van der Waals surface area contributed by atoms with Gasteiger partial charge in [0.25, 0.3) is 0 Å². The van der Waals surface area contributed by atoms with Gasteiger partial charge in [0.1, 0.15) is 5.76 Å². The Morgan fingerprint density at radius 1 is 1.25 bits per heavy atom. The first-order valence-electron chi connectivity index (χ1n) is 9.21. The number of hydrogen-bond acceptors (Lipinski definition) is 7. The molecule has 0 aliphatic rings. The molecule has 7 nitrogen and oxygen atoms in total. The van der Waals surface area contributed by atoms with Crippen molar-refractivity contribution >= 4 is 11.5 Å². The molecule has 0 atom stereocenters. The van der Waals surface area contributed by atoms with E-state index in [-0.39, 0.29) is 0 Å². The summed E-state index contributed by atoms with van der Waals surface area (Å²) in [5.41, 5.74) is 9.00. The fourth-order valence-corrected chi connectivity index (χ4v) is 2.30. The van der Waals surface area contributed by atoms with E-state index in [9.17, 15) is 0 Å². The van der Waals surface area contributed by atoms with Crippen molar-refractivity contribution in [2.45, 2.75) is 34.1 Å². The number of hydrogen-bond donors (Lipinski definition) is 2. The van der Waals surface area contributed by atoms with E-state index < -0.39 is 0 Å². The van der Waals surface area contributed by atoms with Crippen molar-refractivity contribution in [3.63, 3.8) is 0 Å². The van der Waals surface area contributed by atoms with Crippen molar-refractivity contribution in [2.24, 2.45) is 10.7 Å². The second-order valence-corrected chi connectivity index (χ2v) is 5.86. The summed E-state index contributed by atoms with van der Waals surface area (Å²) in [6, 6.07) is 0. The van der Waals surface area contributed by atoms with Crippen LogP contribution in [0.3, 0.4) is 0 Å². The number of aliphatic imine (C=N–C) groups is 1. The SMILES string of the molecule is CC/C=C/C(=C\C=C(/C)C(=NC)/C(Nc1cncc(OCC)n1)=C(/C)N)OC. The van der Waals surface area contributed by atoms with Gasteiger partial charge in [0.2, 0.25) is 5.88 Å². The molecule has 0 aromatic carbocycles. The summed E-state index contributed by atoms with van der Waals surface area (Å²) in [7, 11) is 3.36. The van der Waals surface area contributed by atoms with Crippen molar-refractivity contribution in [2.75, 3.05) is 26.1 Å². The highest BCUT2D eigenvalue weighted by Crippen LogP contribution is 2.16. The van der Waals surface area contributed by atoms with Crippen LogP contribution in [-0.2, 0) is 4.74 Å². The molecule has 1 rings (SSSR count). The zero-order valence-corrected chi connectivity index (χ0v) is 17.6. The van der Waals surface area contributed by atoms with Gasteiger partial charge in [-0.15, -0.1) is 0 Å². The Morgan fingerprint density at radius 2 is 2.00 bits per heavy atom. The number of anilines is 1. The average molecular weight is 386 g/mol. The molecule has 7 heteroatoms. The van der Waals surface area contributed by atoms with Crippen molar-refractivity contribution in [3.8, 4) is 5.88 Å². The largest absolute Gasteiger partial charge is 0.497 e. The van der Waals surface area contributed by atoms with E-state index in [1.54, 1.807) is 33.5 Å². The van der Waals surface area contributed by atoms with Gasteiger partial charge >= 0.3 is 0 Å². The van der Waals surface area contributed by atoms with Gasteiger partial charge in [-0.05, 0) is 44.9 Å². The Morgan fingerprint density at radius 3 is 2.57 bits per heavy atom. The van der Waals surface area contributed by atoms with Gasteiger partial charge < -0.3 is 20.5 Å². The predicted octanol–water partition coefficient (Wildman–Crippen LogP) is 3.99. The van der Waals surface area contributed by atoms with E-state index in [1.165, 1.54) is 0 Å². The van der Waals surface area contributed by atoms with Crippen molar-refractivity contribution < 1.29 is 9.47 Å². The molecular weight excluding hydrogens is 354 g/mol. The van der Waals surface area contributed by atoms with E-state index in [0.29, 0.717) is 29.7 Å². The lowest BCUT2D eigenvalue weighted by Crippen LogP contribution is -2.19. The van der Waals surface area contributed by atoms with Crippen molar-refractivity contribution in [3.05, 3.63) is 59.4 Å². The van der Waals surface area contributed by atoms with Gasteiger partial charge in [0, 0.05) is 12.7 Å². The third-order valence-electron chi connectivity index (χ3n) is 3.64. The topological polar surface area (TPSA) is 94.7 Å². The molecule has 0 spiro atoms. The number of nitrogens with one attached hydrogen (secondary N) is 1. The lowest BCUT2D eigenvalue weighted by Gasteiger charge is -2.15. The molecule has 0 saturated heterocycles. The first kappa shape index (κ1) is 23.0. The van der Waals surface area contributed by atoms with Gasteiger partial charge in [-0.2, -0.15) is 4.98 Å². The van der Waals surface area contributed by atoms with E-state index >= 15 is 0 Å². The van der Waals surface area contributed by atoms with Crippen LogP contribution in [0.25, 0.3) is 0 Å². The maximum absolute atomic E-state index is 6.12. The maximum atomic E-state index is 6.12. The third-order valence-corrected chi connectivity index (χ3v) is 3.64. The van der Waals surface area contributed by atoms with E-state index in [2.05, 4.69) is 27.2 Å². The second-order valence-electron chi connectivity index (χ2n) is 5.86. The first-order valence-corrected chi connectivity index (χ1v) is 9.21. The first-order chi connectivity index (χ1) is 13.5. The Hall–Kier alpha value is -3.09. The van der Waals surface area contributed by atoms with Crippen LogP contribution in [0, 0.1) is 0 Å². The average Bonchev–Trinajstić information content (AvgIpc) is 2.68. The molecule has 0 aliphatic heterocycles. The lowest BCUT2D eigenvalue weighted by atomic mass is 10.1. The van der Waals surface area contributed by atoms with Crippen LogP contribution >= 0.6 is 0 Å².